The molecule has 0 spiro atoms. The number of benzene rings is 1. The molecule has 1 aliphatic heterocycles. The summed E-state index contributed by atoms with van der Waals surface area (Å²) in [6.45, 7) is 0.929. The monoisotopic (exact) mass is 350 g/mol. The van der Waals surface area contributed by atoms with E-state index in [9.17, 15) is 18.0 Å². The first-order valence-electron chi connectivity index (χ1n) is 8.40. The van der Waals surface area contributed by atoms with Crippen LogP contribution in [0.1, 0.15) is 42.5 Å². The number of rotatable bonds is 6. The Kier molecular flexibility index (Phi) is 5.01. The van der Waals surface area contributed by atoms with Crippen molar-refractivity contribution in [2.24, 2.45) is 5.92 Å². The van der Waals surface area contributed by atoms with Gasteiger partial charge in [0.1, 0.15) is 0 Å². The average Bonchev–Trinajstić information content (AvgIpc) is 3.45. The van der Waals surface area contributed by atoms with E-state index in [0.29, 0.717) is 13.1 Å². The van der Waals surface area contributed by atoms with Crippen LogP contribution in [0, 0.1) is 5.92 Å². The number of piperidine rings is 1. The van der Waals surface area contributed by atoms with Crippen molar-refractivity contribution in [2.75, 3.05) is 19.6 Å². The van der Waals surface area contributed by atoms with Gasteiger partial charge in [0, 0.05) is 19.0 Å². The second kappa shape index (κ2) is 7.03. The number of nitrogens with one attached hydrogen (secondary N) is 1. The number of carbonyl (C=O) groups is 2. The fraction of sp³-hybridized carbons (Fsp3) is 0.529. The van der Waals surface area contributed by atoms with Crippen molar-refractivity contribution < 1.29 is 18.0 Å². The molecule has 1 saturated carbocycles. The van der Waals surface area contributed by atoms with Gasteiger partial charge in [0.25, 0.3) is 5.91 Å². The third-order valence-corrected chi connectivity index (χ3v) is 6.48. The van der Waals surface area contributed by atoms with E-state index in [2.05, 4.69) is 5.32 Å². The second-order valence-electron chi connectivity index (χ2n) is 6.38. The summed E-state index contributed by atoms with van der Waals surface area (Å²) in [7, 11) is -3.69. The van der Waals surface area contributed by atoms with E-state index in [1.807, 2.05) is 0 Å². The highest BCUT2D eigenvalue weighted by atomic mass is 32.2. The van der Waals surface area contributed by atoms with Gasteiger partial charge in [0.05, 0.1) is 17.0 Å². The Morgan fingerprint density at radius 2 is 1.75 bits per heavy atom. The molecule has 7 heteroatoms. The Balaban J connectivity index is 1.78. The molecule has 1 heterocycles. The van der Waals surface area contributed by atoms with E-state index >= 15 is 0 Å². The van der Waals surface area contributed by atoms with Gasteiger partial charge < -0.3 is 5.32 Å². The molecular weight excluding hydrogens is 328 g/mol. The number of hydrogen-bond donors (Lipinski definition) is 1. The Morgan fingerprint density at radius 3 is 2.42 bits per heavy atom. The summed E-state index contributed by atoms with van der Waals surface area (Å²) >= 11 is 0. The van der Waals surface area contributed by atoms with E-state index in [0.717, 1.165) is 32.1 Å². The smallest absolute Gasteiger partial charge is 0.253 e. The summed E-state index contributed by atoms with van der Waals surface area (Å²) < 4.78 is 27.1. The zero-order valence-corrected chi connectivity index (χ0v) is 14.3. The van der Waals surface area contributed by atoms with Gasteiger partial charge in [-0.15, -0.1) is 0 Å². The molecule has 6 nitrogen and oxygen atoms in total. The van der Waals surface area contributed by atoms with Crippen LogP contribution >= 0.6 is 0 Å². The molecule has 1 amide bonds. The van der Waals surface area contributed by atoms with E-state index in [4.69, 9.17) is 0 Å². The SMILES string of the molecule is O=C(NCC(=O)C1CC1)c1ccccc1S(=O)(=O)N1CCCCC1. The van der Waals surface area contributed by atoms with Crippen molar-refractivity contribution in [3.63, 3.8) is 0 Å². The van der Waals surface area contributed by atoms with Crippen LogP contribution in [-0.4, -0.2) is 44.0 Å². The lowest BCUT2D eigenvalue weighted by atomic mass is 10.2. The number of ketones is 1. The lowest BCUT2D eigenvalue weighted by molar-refractivity contribution is -0.119. The van der Waals surface area contributed by atoms with Gasteiger partial charge in [-0.3, -0.25) is 9.59 Å². The zero-order chi connectivity index (χ0) is 17.2. The molecule has 130 valence electrons. The topological polar surface area (TPSA) is 83.5 Å². The van der Waals surface area contributed by atoms with Crippen molar-refractivity contribution in [1.82, 2.24) is 9.62 Å². The van der Waals surface area contributed by atoms with Crippen molar-refractivity contribution in [2.45, 2.75) is 37.0 Å². The van der Waals surface area contributed by atoms with Crippen molar-refractivity contribution in [1.29, 1.82) is 0 Å². The lowest BCUT2D eigenvalue weighted by Crippen LogP contribution is -2.37. The number of hydrogen-bond acceptors (Lipinski definition) is 4. The van der Waals surface area contributed by atoms with Gasteiger partial charge in [-0.2, -0.15) is 4.31 Å². The molecule has 0 bridgehead atoms. The Morgan fingerprint density at radius 1 is 1.08 bits per heavy atom. The molecule has 0 atom stereocenters. The van der Waals surface area contributed by atoms with Crippen molar-refractivity contribution >= 4 is 21.7 Å². The standard InChI is InChI=1S/C17H22N2O4S/c20-15(13-8-9-13)12-18-17(21)14-6-2-3-7-16(14)24(22,23)19-10-4-1-5-11-19/h2-3,6-7,13H,1,4-5,8-12H2,(H,18,21). The van der Waals surface area contributed by atoms with E-state index in [1.165, 1.54) is 16.4 Å². The molecule has 1 aliphatic carbocycles. The number of carbonyl (C=O) groups excluding carboxylic acids is 2. The summed E-state index contributed by atoms with van der Waals surface area (Å²) in [6.07, 6.45) is 4.47. The van der Waals surface area contributed by atoms with Crippen molar-refractivity contribution in [3.05, 3.63) is 29.8 Å². The minimum atomic E-state index is -3.69. The Labute approximate surface area is 142 Å². The maximum Gasteiger partial charge on any atom is 0.253 e. The Bertz CT molecular complexity index is 735. The molecule has 1 aromatic rings. The molecule has 0 unspecified atom stereocenters. The van der Waals surface area contributed by atoms with Gasteiger partial charge in [-0.25, -0.2) is 8.42 Å². The van der Waals surface area contributed by atoms with Crippen LogP contribution in [0.5, 0.6) is 0 Å². The first-order chi connectivity index (χ1) is 11.5. The highest BCUT2D eigenvalue weighted by Gasteiger charge is 2.31. The van der Waals surface area contributed by atoms with Crippen LogP contribution in [0.25, 0.3) is 0 Å². The number of nitrogens with zero attached hydrogens (tertiary/aromatic N) is 1. The summed E-state index contributed by atoms with van der Waals surface area (Å²) in [5, 5.41) is 2.56. The van der Waals surface area contributed by atoms with Crippen LogP contribution in [-0.2, 0) is 14.8 Å². The highest BCUT2D eigenvalue weighted by molar-refractivity contribution is 7.89. The third kappa shape index (κ3) is 3.67. The molecule has 3 rings (SSSR count). The molecule has 2 aliphatic rings. The van der Waals surface area contributed by atoms with Crippen LogP contribution in [0.2, 0.25) is 0 Å². The molecule has 24 heavy (non-hydrogen) atoms. The van der Waals surface area contributed by atoms with Gasteiger partial charge in [-0.05, 0) is 37.8 Å². The third-order valence-electron chi connectivity index (χ3n) is 4.52. The lowest BCUT2D eigenvalue weighted by Gasteiger charge is -2.26. The van der Waals surface area contributed by atoms with E-state index in [1.54, 1.807) is 12.1 Å². The zero-order valence-electron chi connectivity index (χ0n) is 13.5. The summed E-state index contributed by atoms with van der Waals surface area (Å²) in [5.41, 5.74) is 0.103. The molecule has 1 saturated heterocycles. The first kappa shape index (κ1) is 17.1. The summed E-state index contributed by atoms with van der Waals surface area (Å²) in [5.74, 6) is -0.433. The fourth-order valence-electron chi connectivity index (χ4n) is 2.94. The minimum Gasteiger partial charge on any atom is -0.345 e. The summed E-state index contributed by atoms with van der Waals surface area (Å²) in [6, 6.07) is 6.20. The number of amides is 1. The number of sulfonamides is 1. The maximum atomic E-state index is 12.8. The van der Waals surface area contributed by atoms with Gasteiger partial charge >= 0.3 is 0 Å². The fourth-order valence-corrected chi connectivity index (χ4v) is 4.64. The van der Waals surface area contributed by atoms with Gasteiger partial charge in [-0.1, -0.05) is 18.6 Å². The van der Waals surface area contributed by atoms with Crippen molar-refractivity contribution in [3.8, 4) is 0 Å². The van der Waals surface area contributed by atoms with E-state index in [-0.39, 0.29) is 28.7 Å². The van der Waals surface area contributed by atoms with Crippen LogP contribution < -0.4 is 5.32 Å². The first-order valence-corrected chi connectivity index (χ1v) is 9.84. The minimum absolute atomic E-state index is 0.0136. The highest BCUT2D eigenvalue weighted by Crippen LogP contribution is 2.29. The predicted molar refractivity (Wildman–Crippen MR) is 89.1 cm³/mol. The molecule has 1 aromatic carbocycles. The molecule has 2 fully saturated rings. The quantitative estimate of drug-likeness (QED) is 0.844. The van der Waals surface area contributed by atoms with Gasteiger partial charge in [0.15, 0.2) is 5.78 Å². The molecule has 1 N–H and O–H groups in total. The van der Waals surface area contributed by atoms with Gasteiger partial charge in [0.2, 0.25) is 10.0 Å². The largest absolute Gasteiger partial charge is 0.345 e. The second-order valence-corrected chi connectivity index (χ2v) is 8.29. The predicted octanol–water partition coefficient (Wildman–Crippen LogP) is 1.57. The molecule has 0 radical (unpaired) electrons. The molecular formula is C17H22N2O4S. The molecule has 0 aromatic heterocycles. The summed E-state index contributed by atoms with van der Waals surface area (Å²) in [4.78, 5) is 24.1. The Hall–Kier alpha value is -1.73. The van der Waals surface area contributed by atoms with Crippen LogP contribution in [0.4, 0.5) is 0 Å². The van der Waals surface area contributed by atoms with E-state index < -0.39 is 15.9 Å². The van der Waals surface area contributed by atoms with Crippen LogP contribution in [0.15, 0.2) is 29.2 Å². The number of Topliss-reactive ketones (excluding diaryl/α,β-unsaturated/α-hetero) is 1. The normalized spacial score (nSPS) is 19.0. The van der Waals surface area contributed by atoms with Crippen LogP contribution in [0.3, 0.4) is 0 Å². The maximum absolute atomic E-state index is 12.8. The average molecular weight is 350 g/mol.